The Morgan fingerprint density at radius 1 is 1.05 bits per heavy atom. The molecule has 0 aliphatic carbocycles. The van der Waals surface area contributed by atoms with E-state index in [2.05, 4.69) is 17.4 Å². The quantitative estimate of drug-likeness (QED) is 0.838. The molecule has 2 aromatic carbocycles. The summed E-state index contributed by atoms with van der Waals surface area (Å²) in [5.74, 6) is 0. The Hall–Kier alpha value is -2.29. The maximum atomic E-state index is 11.9. The van der Waals surface area contributed by atoms with Crippen molar-refractivity contribution < 1.29 is 9.53 Å². The van der Waals surface area contributed by atoms with Gasteiger partial charge in [0.25, 0.3) is 0 Å². The molecule has 0 heterocycles. The van der Waals surface area contributed by atoms with Gasteiger partial charge in [0.15, 0.2) is 0 Å². The number of aryl methyl sites for hydroxylation is 1. The van der Waals surface area contributed by atoms with Crippen LogP contribution in [0.5, 0.6) is 0 Å². The van der Waals surface area contributed by atoms with E-state index in [9.17, 15) is 4.79 Å². The molecule has 0 aliphatic heterocycles. The summed E-state index contributed by atoms with van der Waals surface area (Å²) in [5, 5.41) is 2.74. The molecule has 21 heavy (non-hydrogen) atoms. The van der Waals surface area contributed by atoms with E-state index in [1.54, 1.807) is 0 Å². The van der Waals surface area contributed by atoms with Gasteiger partial charge in [-0.15, -0.1) is 0 Å². The van der Waals surface area contributed by atoms with Crippen LogP contribution < -0.4 is 5.32 Å². The minimum Gasteiger partial charge on any atom is -0.446 e. The summed E-state index contributed by atoms with van der Waals surface area (Å²) in [5.41, 5.74) is 2.02. The Balaban J connectivity index is 1.80. The zero-order valence-electron chi connectivity index (χ0n) is 12.3. The van der Waals surface area contributed by atoms with Crippen LogP contribution in [0.3, 0.4) is 0 Å². The molecule has 3 heteroatoms. The summed E-state index contributed by atoms with van der Waals surface area (Å²) < 4.78 is 5.48. The Kier molecular flexibility index (Phi) is 5.83. The van der Waals surface area contributed by atoms with Crippen LogP contribution >= 0.6 is 0 Å². The van der Waals surface area contributed by atoms with E-state index in [0.29, 0.717) is 0 Å². The van der Waals surface area contributed by atoms with Gasteiger partial charge in [-0.05, 0) is 37.0 Å². The predicted octanol–water partition coefficient (Wildman–Crippen LogP) is 4.65. The maximum absolute atomic E-state index is 11.9. The van der Waals surface area contributed by atoms with Crippen LogP contribution in [0.4, 0.5) is 10.5 Å². The van der Waals surface area contributed by atoms with Gasteiger partial charge in [0.1, 0.15) is 6.10 Å². The lowest BCUT2D eigenvalue weighted by atomic mass is 10.1. The first-order valence-electron chi connectivity index (χ1n) is 7.34. The van der Waals surface area contributed by atoms with Crippen LogP contribution in [-0.2, 0) is 11.2 Å². The molecule has 110 valence electrons. The van der Waals surface area contributed by atoms with E-state index in [1.807, 2.05) is 55.5 Å². The number of carbonyl (C=O) groups excluding carboxylic acids is 1. The van der Waals surface area contributed by atoms with Crippen LogP contribution in [0.1, 0.15) is 25.3 Å². The van der Waals surface area contributed by atoms with E-state index in [4.69, 9.17) is 4.74 Å². The molecule has 0 bridgehead atoms. The molecule has 0 fully saturated rings. The SMILES string of the molecule is CC[C@@H](CCc1ccccc1)OC(=O)Nc1ccccc1. The Bertz CT molecular complexity index is 540. The molecule has 0 aromatic heterocycles. The number of nitrogens with one attached hydrogen (secondary N) is 1. The highest BCUT2D eigenvalue weighted by molar-refractivity contribution is 5.84. The summed E-state index contributed by atoms with van der Waals surface area (Å²) >= 11 is 0. The van der Waals surface area contributed by atoms with Gasteiger partial charge in [0.05, 0.1) is 0 Å². The molecule has 1 atom stereocenters. The van der Waals surface area contributed by atoms with Crippen LogP contribution in [0, 0.1) is 0 Å². The molecular formula is C18H21NO2. The summed E-state index contributed by atoms with van der Waals surface area (Å²) in [6.45, 7) is 2.03. The third kappa shape index (κ3) is 5.30. The number of hydrogen-bond acceptors (Lipinski definition) is 2. The van der Waals surface area contributed by atoms with Gasteiger partial charge in [-0.3, -0.25) is 5.32 Å². The number of rotatable bonds is 6. The van der Waals surface area contributed by atoms with E-state index in [0.717, 1.165) is 24.9 Å². The van der Waals surface area contributed by atoms with Crippen LogP contribution in [0.2, 0.25) is 0 Å². The average Bonchev–Trinajstić information content (AvgIpc) is 2.53. The number of hydrogen-bond donors (Lipinski definition) is 1. The van der Waals surface area contributed by atoms with Crippen molar-refractivity contribution in [2.75, 3.05) is 5.32 Å². The van der Waals surface area contributed by atoms with Gasteiger partial charge in [-0.1, -0.05) is 55.5 Å². The summed E-state index contributed by atoms with van der Waals surface area (Å²) in [7, 11) is 0. The number of anilines is 1. The van der Waals surface area contributed by atoms with Gasteiger partial charge in [0.2, 0.25) is 0 Å². The second-order valence-corrected chi connectivity index (χ2v) is 4.95. The topological polar surface area (TPSA) is 38.3 Å². The number of ether oxygens (including phenoxy) is 1. The summed E-state index contributed by atoms with van der Waals surface area (Å²) in [6, 6.07) is 19.6. The lowest BCUT2D eigenvalue weighted by Crippen LogP contribution is -2.22. The molecule has 2 aromatic rings. The van der Waals surface area contributed by atoms with Gasteiger partial charge < -0.3 is 4.74 Å². The average molecular weight is 283 g/mol. The summed E-state index contributed by atoms with van der Waals surface area (Å²) in [6.07, 6.45) is 2.12. The number of para-hydroxylation sites is 1. The van der Waals surface area contributed by atoms with E-state index in [-0.39, 0.29) is 12.2 Å². The lowest BCUT2D eigenvalue weighted by Gasteiger charge is -2.16. The monoisotopic (exact) mass is 283 g/mol. The molecule has 3 nitrogen and oxygen atoms in total. The standard InChI is InChI=1S/C18H21NO2/c1-2-17(14-13-15-9-5-3-6-10-15)21-18(20)19-16-11-7-4-8-12-16/h3-12,17H,2,13-14H2,1H3,(H,19,20)/t17-/m0/s1. The van der Waals surface area contributed by atoms with Crippen LogP contribution in [0.25, 0.3) is 0 Å². The number of carbonyl (C=O) groups is 1. The zero-order valence-corrected chi connectivity index (χ0v) is 12.3. The van der Waals surface area contributed by atoms with Crippen molar-refractivity contribution in [2.45, 2.75) is 32.3 Å². The fourth-order valence-corrected chi connectivity index (χ4v) is 2.14. The molecule has 0 spiro atoms. The molecule has 0 aliphatic rings. The minimum absolute atomic E-state index is 0.0612. The first-order valence-corrected chi connectivity index (χ1v) is 7.34. The minimum atomic E-state index is -0.388. The molecule has 0 unspecified atom stereocenters. The van der Waals surface area contributed by atoms with Gasteiger partial charge in [-0.25, -0.2) is 4.79 Å². The van der Waals surface area contributed by atoms with Crippen LogP contribution in [0.15, 0.2) is 60.7 Å². The Morgan fingerprint density at radius 3 is 2.29 bits per heavy atom. The smallest absolute Gasteiger partial charge is 0.411 e. The molecule has 1 N–H and O–H groups in total. The highest BCUT2D eigenvalue weighted by atomic mass is 16.6. The zero-order chi connectivity index (χ0) is 14.9. The van der Waals surface area contributed by atoms with Gasteiger partial charge in [0, 0.05) is 5.69 Å². The van der Waals surface area contributed by atoms with Crippen molar-refractivity contribution in [3.63, 3.8) is 0 Å². The molecule has 1 amide bonds. The second kappa shape index (κ2) is 8.10. The largest absolute Gasteiger partial charge is 0.446 e. The molecular weight excluding hydrogens is 262 g/mol. The normalized spacial score (nSPS) is 11.7. The Morgan fingerprint density at radius 2 is 1.67 bits per heavy atom. The number of amides is 1. The third-order valence-electron chi connectivity index (χ3n) is 3.35. The highest BCUT2D eigenvalue weighted by Crippen LogP contribution is 2.12. The van der Waals surface area contributed by atoms with Crippen molar-refractivity contribution in [2.24, 2.45) is 0 Å². The van der Waals surface area contributed by atoms with E-state index in [1.165, 1.54) is 5.56 Å². The van der Waals surface area contributed by atoms with Crippen LogP contribution in [-0.4, -0.2) is 12.2 Å². The van der Waals surface area contributed by atoms with Crippen molar-refractivity contribution in [1.29, 1.82) is 0 Å². The molecule has 0 saturated heterocycles. The maximum Gasteiger partial charge on any atom is 0.411 e. The van der Waals surface area contributed by atoms with Gasteiger partial charge >= 0.3 is 6.09 Å². The van der Waals surface area contributed by atoms with E-state index >= 15 is 0 Å². The van der Waals surface area contributed by atoms with Crippen molar-refractivity contribution >= 4 is 11.8 Å². The highest BCUT2D eigenvalue weighted by Gasteiger charge is 2.12. The first kappa shape index (κ1) is 15.1. The van der Waals surface area contributed by atoms with Crippen molar-refractivity contribution in [3.8, 4) is 0 Å². The number of benzene rings is 2. The van der Waals surface area contributed by atoms with Gasteiger partial charge in [-0.2, -0.15) is 0 Å². The van der Waals surface area contributed by atoms with E-state index < -0.39 is 0 Å². The first-order chi connectivity index (χ1) is 10.3. The summed E-state index contributed by atoms with van der Waals surface area (Å²) in [4.78, 5) is 11.9. The predicted molar refractivity (Wildman–Crippen MR) is 85.4 cm³/mol. The molecule has 0 radical (unpaired) electrons. The van der Waals surface area contributed by atoms with Crippen molar-refractivity contribution in [3.05, 3.63) is 66.2 Å². The second-order valence-electron chi connectivity index (χ2n) is 4.95. The fourth-order valence-electron chi connectivity index (χ4n) is 2.14. The third-order valence-corrected chi connectivity index (χ3v) is 3.35. The van der Waals surface area contributed by atoms with Crippen molar-refractivity contribution in [1.82, 2.24) is 0 Å². The Labute approximate surface area is 126 Å². The molecule has 2 rings (SSSR count). The molecule has 0 saturated carbocycles. The fraction of sp³-hybridized carbons (Fsp3) is 0.278. The lowest BCUT2D eigenvalue weighted by molar-refractivity contribution is 0.103.